The predicted molar refractivity (Wildman–Crippen MR) is 110 cm³/mol. The Kier molecular flexibility index (Phi) is 5.09. The van der Waals surface area contributed by atoms with Crippen LogP contribution in [0.5, 0.6) is 11.5 Å². The molecule has 1 atom stereocenters. The number of hydrogen-bond donors (Lipinski definition) is 2. The number of aryl methyl sites for hydroxylation is 1. The standard InChI is InChI=1S/C21H20FN5O3/c1-11-6-17(30-27-11)12(2)29-18-7-13(22)4-5-15(18)26-21-20-16(24-10-25-21)8-14(23)9-19(20)28-3/h4-10,12H,23H2,1-3H3,(H,24,25,26). The highest BCUT2D eigenvalue weighted by Crippen LogP contribution is 2.37. The largest absolute Gasteiger partial charge is 0.496 e. The molecule has 0 bridgehead atoms. The van der Waals surface area contributed by atoms with Gasteiger partial charge in [0, 0.05) is 23.9 Å². The van der Waals surface area contributed by atoms with E-state index in [1.165, 1.54) is 18.5 Å². The monoisotopic (exact) mass is 409 g/mol. The molecule has 0 spiro atoms. The van der Waals surface area contributed by atoms with Crippen molar-refractivity contribution in [2.75, 3.05) is 18.2 Å². The summed E-state index contributed by atoms with van der Waals surface area (Å²) in [6, 6.07) is 9.37. The second-order valence-electron chi connectivity index (χ2n) is 6.74. The summed E-state index contributed by atoms with van der Waals surface area (Å²) in [5.41, 5.74) is 8.29. The Morgan fingerprint density at radius 1 is 1.13 bits per heavy atom. The molecule has 8 nitrogen and oxygen atoms in total. The SMILES string of the molecule is COc1cc(N)cc2ncnc(Nc3ccc(F)cc3OC(C)c3cc(C)no3)c12. The Morgan fingerprint density at radius 2 is 1.97 bits per heavy atom. The van der Waals surface area contributed by atoms with Gasteiger partial charge in [0.15, 0.2) is 11.9 Å². The average Bonchev–Trinajstić information content (AvgIpc) is 3.15. The Bertz CT molecular complexity index is 1210. The maximum absolute atomic E-state index is 14.0. The highest BCUT2D eigenvalue weighted by Gasteiger charge is 2.18. The molecule has 4 rings (SSSR count). The molecule has 3 N–H and O–H groups in total. The molecule has 4 aromatic rings. The lowest BCUT2D eigenvalue weighted by Gasteiger charge is -2.17. The minimum Gasteiger partial charge on any atom is -0.496 e. The van der Waals surface area contributed by atoms with Gasteiger partial charge in [-0.1, -0.05) is 5.16 Å². The first-order valence-electron chi connectivity index (χ1n) is 9.19. The third-order valence-electron chi connectivity index (χ3n) is 4.49. The maximum atomic E-state index is 14.0. The molecule has 1 unspecified atom stereocenters. The summed E-state index contributed by atoms with van der Waals surface area (Å²) in [6.45, 7) is 3.61. The van der Waals surface area contributed by atoms with Crippen LogP contribution >= 0.6 is 0 Å². The molecule has 0 amide bonds. The van der Waals surface area contributed by atoms with Gasteiger partial charge in [-0.3, -0.25) is 0 Å². The van der Waals surface area contributed by atoms with Crippen LogP contribution in [-0.2, 0) is 0 Å². The number of halogens is 1. The van der Waals surface area contributed by atoms with Crippen LogP contribution < -0.4 is 20.5 Å². The van der Waals surface area contributed by atoms with E-state index in [9.17, 15) is 4.39 Å². The van der Waals surface area contributed by atoms with Gasteiger partial charge in [0.25, 0.3) is 0 Å². The predicted octanol–water partition coefficient (Wildman–Crippen LogP) is 4.54. The fourth-order valence-electron chi connectivity index (χ4n) is 3.08. The highest BCUT2D eigenvalue weighted by atomic mass is 19.1. The van der Waals surface area contributed by atoms with Crippen molar-refractivity contribution in [2.45, 2.75) is 20.0 Å². The van der Waals surface area contributed by atoms with E-state index in [0.29, 0.717) is 39.6 Å². The summed E-state index contributed by atoms with van der Waals surface area (Å²) < 4.78 is 30.6. The molecule has 0 aliphatic carbocycles. The van der Waals surface area contributed by atoms with Crippen molar-refractivity contribution >= 4 is 28.1 Å². The van der Waals surface area contributed by atoms with Crippen molar-refractivity contribution in [1.82, 2.24) is 15.1 Å². The van der Waals surface area contributed by atoms with E-state index in [-0.39, 0.29) is 5.75 Å². The Hall–Kier alpha value is -3.88. The molecule has 154 valence electrons. The zero-order chi connectivity index (χ0) is 21.3. The van der Waals surface area contributed by atoms with E-state index in [1.807, 2.05) is 6.92 Å². The van der Waals surface area contributed by atoms with Gasteiger partial charge in [-0.25, -0.2) is 14.4 Å². The Morgan fingerprint density at radius 3 is 2.70 bits per heavy atom. The first-order valence-corrected chi connectivity index (χ1v) is 9.19. The van der Waals surface area contributed by atoms with Crippen molar-refractivity contribution < 1.29 is 18.4 Å². The molecule has 0 radical (unpaired) electrons. The topological polar surface area (TPSA) is 108 Å². The summed E-state index contributed by atoms with van der Waals surface area (Å²) in [5.74, 6) is 1.37. The molecular weight excluding hydrogens is 389 g/mol. The highest BCUT2D eigenvalue weighted by molar-refractivity contribution is 5.98. The van der Waals surface area contributed by atoms with Gasteiger partial charge in [0.1, 0.15) is 29.5 Å². The lowest BCUT2D eigenvalue weighted by molar-refractivity contribution is 0.182. The van der Waals surface area contributed by atoms with Crippen LogP contribution in [0.25, 0.3) is 10.9 Å². The number of methoxy groups -OCH3 is 1. The van der Waals surface area contributed by atoms with E-state index in [1.54, 1.807) is 38.3 Å². The number of fused-ring (bicyclic) bond motifs is 1. The molecule has 0 aliphatic heterocycles. The van der Waals surface area contributed by atoms with E-state index in [2.05, 4.69) is 20.4 Å². The van der Waals surface area contributed by atoms with E-state index in [0.717, 1.165) is 5.69 Å². The molecule has 2 aromatic heterocycles. The molecule has 0 saturated carbocycles. The van der Waals surface area contributed by atoms with Crippen LogP contribution in [0, 0.1) is 12.7 Å². The van der Waals surface area contributed by atoms with Crippen molar-refractivity contribution in [3.8, 4) is 11.5 Å². The van der Waals surface area contributed by atoms with Crippen molar-refractivity contribution in [1.29, 1.82) is 0 Å². The molecule has 0 fully saturated rings. The fraction of sp³-hybridized carbons (Fsp3) is 0.190. The number of nitrogens with one attached hydrogen (secondary N) is 1. The number of nitrogen functional groups attached to an aromatic ring is 1. The molecule has 2 aromatic carbocycles. The number of benzene rings is 2. The van der Waals surface area contributed by atoms with Crippen LogP contribution in [0.3, 0.4) is 0 Å². The van der Waals surface area contributed by atoms with Gasteiger partial charge < -0.3 is 25.0 Å². The molecular formula is C21H20FN5O3. The molecule has 9 heteroatoms. The molecule has 2 heterocycles. The van der Waals surface area contributed by atoms with Gasteiger partial charge in [-0.05, 0) is 32.0 Å². The van der Waals surface area contributed by atoms with E-state index < -0.39 is 11.9 Å². The average molecular weight is 409 g/mol. The Balaban J connectivity index is 1.72. The number of anilines is 3. The lowest BCUT2D eigenvalue weighted by Crippen LogP contribution is -2.05. The minimum atomic E-state index is -0.481. The fourth-order valence-corrected chi connectivity index (χ4v) is 3.08. The summed E-state index contributed by atoms with van der Waals surface area (Å²) >= 11 is 0. The number of nitrogens with two attached hydrogens (primary N) is 1. The van der Waals surface area contributed by atoms with E-state index >= 15 is 0 Å². The van der Waals surface area contributed by atoms with Crippen molar-refractivity contribution in [3.63, 3.8) is 0 Å². The quantitative estimate of drug-likeness (QED) is 0.447. The van der Waals surface area contributed by atoms with Gasteiger partial charge in [-0.2, -0.15) is 0 Å². The van der Waals surface area contributed by atoms with Crippen LogP contribution in [0.15, 0.2) is 47.2 Å². The number of aromatic nitrogens is 3. The lowest BCUT2D eigenvalue weighted by atomic mass is 10.2. The van der Waals surface area contributed by atoms with E-state index in [4.69, 9.17) is 19.7 Å². The third-order valence-corrected chi connectivity index (χ3v) is 4.49. The normalized spacial score (nSPS) is 12.0. The summed E-state index contributed by atoms with van der Waals surface area (Å²) in [6.07, 6.45) is 0.929. The number of hydrogen-bond acceptors (Lipinski definition) is 8. The number of nitrogens with zero attached hydrogens (tertiary/aromatic N) is 3. The molecule has 0 aliphatic rings. The van der Waals surface area contributed by atoms with Crippen LogP contribution in [0.2, 0.25) is 0 Å². The van der Waals surface area contributed by atoms with Crippen molar-refractivity contribution in [2.24, 2.45) is 0 Å². The van der Waals surface area contributed by atoms with Gasteiger partial charge >= 0.3 is 0 Å². The minimum absolute atomic E-state index is 0.290. The molecule has 0 saturated heterocycles. The van der Waals surface area contributed by atoms with Crippen LogP contribution in [-0.4, -0.2) is 22.2 Å². The molecule has 30 heavy (non-hydrogen) atoms. The third kappa shape index (κ3) is 3.82. The second-order valence-corrected chi connectivity index (χ2v) is 6.74. The van der Waals surface area contributed by atoms with Gasteiger partial charge in [0.2, 0.25) is 0 Å². The number of ether oxygens (including phenoxy) is 2. The van der Waals surface area contributed by atoms with Crippen LogP contribution in [0.1, 0.15) is 24.5 Å². The smallest absolute Gasteiger partial charge is 0.177 e. The number of rotatable bonds is 6. The second kappa shape index (κ2) is 7.86. The van der Waals surface area contributed by atoms with Crippen LogP contribution in [0.4, 0.5) is 21.6 Å². The van der Waals surface area contributed by atoms with Crippen molar-refractivity contribution in [3.05, 3.63) is 60.0 Å². The Labute approximate surface area is 171 Å². The van der Waals surface area contributed by atoms with Gasteiger partial charge in [0.05, 0.1) is 29.4 Å². The first kappa shape index (κ1) is 19.4. The summed E-state index contributed by atoms with van der Waals surface area (Å²) in [5, 5.41) is 7.69. The zero-order valence-corrected chi connectivity index (χ0v) is 16.6. The van der Waals surface area contributed by atoms with Gasteiger partial charge in [-0.15, -0.1) is 0 Å². The zero-order valence-electron chi connectivity index (χ0n) is 16.6. The maximum Gasteiger partial charge on any atom is 0.177 e. The first-order chi connectivity index (χ1) is 14.4. The summed E-state index contributed by atoms with van der Waals surface area (Å²) in [4.78, 5) is 8.58. The summed E-state index contributed by atoms with van der Waals surface area (Å²) in [7, 11) is 1.54.